The largest absolute Gasteiger partial charge is 0.381 e. The summed E-state index contributed by atoms with van der Waals surface area (Å²) in [6.07, 6.45) is 2.33. The molecule has 2 aliphatic rings. The lowest BCUT2D eigenvalue weighted by molar-refractivity contribution is -0.122. The van der Waals surface area contributed by atoms with E-state index < -0.39 is 0 Å². The van der Waals surface area contributed by atoms with E-state index in [2.05, 4.69) is 50.8 Å². The molecular formula is C18H26BrClN2O3. The second-order valence-electron chi connectivity index (χ2n) is 6.61. The fraction of sp³-hybridized carbons (Fsp3) is 0.611. The molecule has 3 rings (SSSR count). The summed E-state index contributed by atoms with van der Waals surface area (Å²) in [6.45, 7) is 4.29. The van der Waals surface area contributed by atoms with Crippen LogP contribution in [0.2, 0.25) is 0 Å². The first-order chi connectivity index (χ1) is 11.7. The molecule has 0 spiro atoms. The lowest BCUT2D eigenvalue weighted by Gasteiger charge is -2.38. The van der Waals surface area contributed by atoms with Crippen molar-refractivity contribution in [1.82, 2.24) is 10.6 Å². The minimum atomic E-state index is -0.0366. The number of carbonyl (C=O) groups is 1. The number of rotatable bonds is 5. The molecule has 0 aliphatic carbocycles. The zero-order valence-corrected chi connectivity index (χ0v) is 16.7. The van der Waals surface area contributed by atoms with E-state index >= 15 is 0 Å². The second-order valence-corrected chi connectivity index (χ2v) is 7.52. The van der Waals surface area contributed by atoms with Crippen LogP contribution < -0.4 is 10.6 Å². The summed E-state index contributed by atoms with van der Waals surface area (Å²) in [5, 5.41) is 6.48. The van der Waals surface area contributed by atoms with Crippen molar-refractivity contribution >= 4 is 34.2 Å². The van der Waals surface area contributed by atoms with Crippen LogP contribution in [0.1, 0.15) is 24.8 Å². The highest BCUT2D eigenvalue weighted by Gasteiger charge is 2.35. The molecule has 1 atom stereocenters. The molecule has 1 amide bonds. The Hall–Kier alpha value is -0.660. The van der Waals surface area contributed by atoms with E-state index in [1.54, 1.807) is 0 Å². The van der Waals surface area contributed by atoms with Gasteiger partial charge in [-0.2, -0.15) is 0 Å². The number of hydrogen-bond donors (Lipinski definition) is 2. The molecule has 2 saturated heterocycles. The lowest BCUT2D eigenvalue weighted by Crippen LogP contribution is -2.48. The van der Waals surface area contributed by atoms with Crippen molar-refractivity contribution in [1.29, 1.82) is 0 Å². The van der Waals surface area contributed by atoms with Crippen LogP contribution in [0.5, 0.6) is 0 Å². The molecule has 25 heavy (non-hydrogen) atoms. The molecule has 7 heteroatoms. The number of amides is 1. The van der Waals surface area contributed by atoms with E-state index in [4.69, 9.17) is 9.47 Å². The van der Waals surface area contributed by atoms with Crippen LogP contribution in [0.4, 0.5) is 0 Å². The number of ether oxygens (including phenoxy) is 2. The monoisotopic (exact) mass is 432 g/mol. The van der Waals surface area contributed by atoms with E-state index in [-0.39, 0.29) is 29.8 Å². The number of morpholine rings is 1. The molecule has 0 radical (unpaired) electrons. The van der Waals surface area contributed by atoms with Crippen LogP contribution in [0.15, 0.2) is 28.7 Å². The molecule has 5 nitrogen and oxygen atoms in total. The summed E-state index contributed by atoms with van der Waals surface area (Å²) in [7, 11) is 0. The van der Waals surface area contributed by atoms with Gasteiger partial charge in [-0.05, 0) is 30.5 Å². The van der Waals surface area contributed by atoms with E-state index in [0.29, 0.717) is 19.6 Å². The molecule has 2 heterocycles. The Morgan fingerprint density at radius 1 is 1.20 bits per heavy atom. The smallest absolute Gasteiger partial charge is 0.221 e. The first kappa shape index (κ1) is 20.6. The van der Waals surface area contributed by atoms with Crippen molar-refractivity contribution in [3.63, 3.8) is 0 Å². The topological polar surface area (TPSA) is 59.6 Å². The SMILES string of the molecule is Cl.O=C(CC1COCCN1)NCC1(c2ccc(Br)cc2)CCOCC1. The fourth-order valence-electron chi connectivity index (χ4n) is 3.45. The van der Waals surface area contributed by atoms with Crippen molar-refractivity contribution < 1.29 is 14.3 Å². The van der Waals surface area contributed by atoms with E-state index in [1.165, 1.54) is 5.56 Å². The Bertz CT molecular complexity index is 544. The molecule has 0 aromatic heterocycles. The third-order valence-electron chi connectivity index (χ3n) is 4.96. The van der Waals surface area contributed by atoms with Crippen molar-refractivity contribution in [2.45, 2.75) is 30.7 Å². The van der Waals surface area contributed by atoms with Crippen LogP contribution in [-0.4, -0.2) is 51.5 Å². The predicted molar refractivity (Wildman–Crippen MR) is 103 cm³/mol. The fourth-order valence-corrected chi connectivity index (χ4v) is 3.71. The van der Waals surface area contributed by atoms with Gasteiger partial charge < -0.3 is 20.1 Å². The highest BCUT2D eigenvalue weighted by molar-refractivity contribution is 9.10. The number of benzene rings is 1. The summed E-state index contributed by atoms with van der Waals surface area (Å²) >= 11 is 3.49. The normalized spacial score (nSPS) is 22.7. The zero-order chi connectivity index (χ0) is 16.8. The van der Waals surface area contributed by atoms with E-state index in [9.17, 15) is 4.79 Å². The van der Waals surface area contributed by atoms with Gasteiger partial charge in [0.25, 0.3) is 0 Å². The minimum Gasteiger partial charge on any atom is -0.381 e. The van der Waals surface area contributed by atoms with Gasteiger partial charge in [0, 0.05) is 48.7 Å². The Balaban J connectivity index is 0.00000225. The molecular weight excluding hydrogens is 408 g/mol. The van der Waals surface area contributed by atoms with Gasteiger partial charge in [0.05, 0.1) is 13.2 Å². The lowest BCUT2D eigenvalue weighted by atomic mass is 9.74. The van der Waals surface area contributed by atoms with Gasteiger partial charge >= 0.3 is 0 Å². The summed E-state index contributed by atoms with van der Waals surface area (Å²) in [5.41, 5.74) is 1.24. The van der Waals surface area contributed by atoms with Crippen LogP contribution in [0.3, 0.4) is 0 Å². The molecule has 0 bridgehead atoms. The molecule has 1 aromatic carbocycles. The Morgan fingerprint density at radius 3 is 2.56 bits per heavy atom. The highest BCUT2D eigenvalue weighted by Crippen LogP contribution is 2.35. The van der Waals surface area contributed by atoms with Gasteiger partial charge in [-0.3, -0.25) is 4.79 Å². The number of halogens is 2. The van der Waals surface area contributed by atoms with Gasteiger partial charge in [0.1, 0.15) is 0 Å². The van der Waals surface area contributed by atoms with Crippen LogP contribution >= 0.6 is 28.3 Å². The minimum absolute atomic E-state index is 0. The van der Waals surface area contributed by atoms with Crippen molar-refractivity contribution in [2.75, 3.05) is 39.5 Å². The Labute approximate surface area is 163 Å². The maximum atomic E-state index is 12.3. The highest BCUT2D eigenvalue weighted by atomic mass is 79.9. The molecule has 0 saturated carbocycles. The summed E-state index contributed by atoms with van der Waals surface area (Å²) in [6, 6.07) is 8.56. The summed E-state index contributed by atoms with van der Waals surface area (Å²) in [5.74, 6) is 0.0842. The molecule has 1 aromatic rings. The van der Waals surface area contributed by atoms with Crippen molar-refractivity contribution in [3.8, 4) is 0 Å². The summed E-state index contributed by atoms with van der Waals surface area (Å²) in [4.78, 5) is 12.3. The maximum absolute atomic E-state index is 12.3. The summed E-state index contributed by atoms with van der Waals surface area (Å²) < 4.78 is 12.0. The molecule has 140 valence electrons. The Morgan fingerprint density at radius 2 is 1.92 bits per heavy atom. The first-order valence-electron chi connectivity index (χ1n) is 8.60. The predicted octanol–water partition coefficient (Wildman–Crippen LogP) is 2.41. The standard InChI is InChI=1S/C18H25BrN2O3.ClH/c19-15-3-1-14(2-4-15)18(5-8-23-9-6-18)13-21-17(22)11-16-12-24-10-7-20-16;/h1-4,16,20H,5-13H2,(H,21,22);1H. The van der Waals surface area contributed by atoms with Crippen LogP contribution in [0.25, 0.3) is 0 Å². The number of carbonyl (C=O) groups excluding carboxylic acids is 1. The number of hydrogen-bond acceptors (Lipinski definition) is 4. The first-order valence-corrected chi connectivity index (χ1v) is 9.39. The van der Waals surface area contributed by atoms with Crippen molar-refractivity contribution in [2.24, 2.45) is 0 Å². The average molecular weight is 434 g/mol. The zero-order valence-electron chi connectivity index (χ0n) is 14.3. The van der Waals surface area contributed by atoms with Gasteiger partial charge in [0.15, 0.2) is 0 Å². The van der Waals surface area contributed by atoms with Gasteiger partial charge in [-0.25, -0.2) is 0 Å². The third-order valence-corrected chi connectivity index (χ3v) is 5.49. The molecule has 2 N–H and O–H groups in total. The van der Waals surface area contributed by atoms with Gasteiger partial charge in [-0.15, -0.1) is 12.4 Å². The molecule has 1 unspecified atom stereocenters. The second kappa shape index (κ2) is 9.88. The third kappa shape index (κ3) is 5.66. The van der Waals surface area contributed by atoms with Crippen LogP contribution in [-0.2, 0) is 19.7 Å². The van der Waals surface area contributed by atoms with Crippen molar-refractivity contribution in [3.05, 3.63) is 34.3 Å². The van der Waals surface area contributed by atoms with Gasteiger partial charge in [0.2, 0.25) is 5.91 Å². The molecule has 2 fully saturated rings. The Kier molecular flexibility index (Phi) is 8.16. The maximum Gasteiger partial charge on any atom is 0.221 e. The number of nitrogens with one attached hydrogen (secondary N) is 2. The van der Waals surface area contributed by atoms with E-state index in [1.807, 2.05) is 0 Å². The quantitative estimate of drug-likeness (QED) is 0.749. The van der Waals surface area contributed by atoms with Crippen LogP contribution in [0, 0.1) is 0 Å². The average Bonchev–Trinajstić information content (AvgIpc) is 2.62. The van der Waals surface area contributed by atoms with Gasteiger partial charge in [-0.1, -0.05) is 28.1 Å². The van der Waals surface area contributed by atoms with E-state index in [0.717, 1.165) is 43.7 Å². The molecule has 2 aliphatic heterocycles.